The summed E-state index contributed by atoms with van der Waals surface area (Å²) in [7, 11) is 0. The predicted octanol–water partition coefficient (Wildman–Crippen LogP) is 1.60. The summed E-state index contributed by atoms with van der Waals surface area (Å²) in [6, 6.07) is 5.17. The molecule has 20 heavy (non-hydrogen) atoms. The van der Waals surface area contributed by atoms with E-state index in [1.54, 1.807) is 12.1 Å². The quantitative estimate of drug-likeness (QED) is 0.561. The molecule has 0 unspecified atom stereocenters. The van der Waals surface area contributed by atoms with Gasteiger partial charge in [-0.3, -0.25) is 24.6 Å². The standard InChI is InChI=1S/C11H6N4O5/c16-11-12-10-7(8-2-1-3-13(8)11)4-6(14(17)18)5-9(10)15(19)20/h1-5H,(H,12,16). The first-order valence-electron chi connectivity index (χ1n) is 5.45. The van der Waals surface area contributed by atoms with E-state index in [1.165, 1.54) is 16.7 Å². The highest BCUT2D eigenvalue weighted by Crippen LogP contribution is 2.31. The van der Waals surface area contributed by atoms with E-state index >= 15 is 0 Å². The molecule has 0 atom stereocenters. The number of fused-ring (bicyclic) bond motifs is 3. The number of nitro benzene ring substituents is 2. The van der Waals surface area contributed by atoms with Crippen LogP contribution in [-0.4, -0.2) is 19.2 Å². The third-order valence-corrected chi connectivity index (χ3v) is 2.99. The molecule has 0 saturated carbocycles. The van der Waals surface area contributed by atoms with E-state index in [0.717, 1.165) is 6.07 Å². The second-order valence-electron chi connectivity index (χ2n) is 4.10. The zero-order chi connectivity index (χ0) is 14.4. The van der Waals surface area contributed by atoms with Gasteiger partial charge < -0.3 is 4.98 Å². The molecule has 100 valence electrons. The van der Waals surface area contributed by atoms with Crippen LogP contribution in [0.25, 0.3) is 16.4 Å². The number of nitro groups is 2. The molecule has 0 radical (unpaired) electrons. The van der Waals surface area contributed by atoms with Crippen LogP contribution in [0.5, 0.6) is 0 Å². The molecule has 0 bridgehead atoms. The Morgan fingerprint density at radius 2 is 1.90 bits per heavy atom. The van der Waals surface area contributed by atoms with Crippen molar-refractivity contribution in [1.82, 2.24) is 9.38 Å². The van der Waals surface area contributed by atoms with Gasteiger partial charge in [0, 0.05) is 17.6 Å². The average molecular weight is 274 g/mol. The maximum atomic E-state index is 11.8. The van der Waals surface area contributed by atoms with Crippen LogP contribution in [0.3, 0.4) is 0 Å². The van der Waals surface area contributed by atoms with E-state index in [-0.39, 0.29) is 10.9 Å². The molecular formula is C11H6N4O5. The summed E-state index contributed by atoms with van der Waals surface area (Å²) < 4.78 is 1.23. The van der Waals surface area contributed by atoms with Crippen LogP contribution >= 0.6 is 0 Å². The smallest absolute Gasteiger partial charge is 0.301 e. The first kappa shape index (κ1) is 11.8. The van der Waals surface area contributed by atoms with Crippen LogP contribution in [0, 0.1) is 20.2 Å². The molecule has 0 amide bonds. The molecule has 0 fully saturated rings. The largest absolute Gasteiger partial charge is 0.330 e. The summed E-state index contributed by atoms with van der Waals surface area (Å²) >= 11 is 0. The highest BCUT2D eigenvalue weighted by Gasteiger charge is 2.22. The molecule has 0 aliphatic carbocycles. The van der Waals surface area contributed by atoms with E-state index in [2.05, 4.69) is 4.98 Å². The predicted molar refractivity (Wildman–Crippen MR) is 68.8 cm³/mol. The van der Waals surface area contributed by atoms with Crippen molar-refractivity contribution in [2.45, 2.75) is 0 Å². The van der Waals surface area contributed by atoms with Crippen LogP contribution in [0.1, 0.15) is 0 Å². The Balaban J connectivity index is 2.60. The van der Waals surface area contributed by atoms with Crippen molar-refractivity contribution in [2.75, 3.05) is 0 Å². The number of hydrogen-bond donors (Lipinski definition) is 1. The topological polar surface area (TPSA) is 124 Å². The molecule has 0 aliphatic rings. The fourth-order valence-corrected chi connectivity index (χ4v) is 2.14. The van der Waals surface area contributed by atoms with Gasteiger partial charge in [-0.05, 0) is 12.1 Å². The van der Waals surface area contributed by atoms with Gasteiger partial charge >= 0.3 is 5.69 Å². The van der Waals surface area contributed by atoms with Gasteiger partial charge in [-0.15, -0.1) is 0 Å². The summed E-state index contributed by atoms with van der Waals surface area (Å²) in [5, 5.41) is 22.1. The fourth-order valence-electron chi connectivity index (χ4n) is 2.14. The van der Waals surface area contributed by atoms with Crippen molar-refractivity contribution in [3.05, 3.63) is 61.2 Å². The molecule has 3 aromatic rings. The van der Waals surface area contributed by atoms with Crippen molar-refractivity contribution >= 4 is 27.8 Å². The number of aromatic amines is 1. The Morgan fingerprint density at radius 1 is 1.15 bits per heavy atom. The molecule has 0 spiro atoms. The van der Waals surface area contributed by atoms with Crippen molar-refractivity contribution in [2.24, 2.45) is 0 Å². The Labute approximate surface area is 109 Å². The first-order chi connectivity index (χ1) is 9.49. The van der Waals surface area contributed by atoms with Gasteiger partial charge in [0.25, 0.3) is 11.4 Å². The van der Waals surface area contributed by atoms with Gasteiger partial charge in [0.15, 0.2) is 0 Å². The molecule has 0 aliphatic heterocycles. The summed E-state index contributed by atoms with van der Waals surface area (Å²) in [4.78, 5) is 34.6. The Kier molecular flexibility index (Phi) is 2.30. The lowest BCUT2D eigenvalue weighted by Gasteiger charge is -2.03. The van der Waals surface area contributed by atoms with Gasteiger partial charge in [-0.1, -0.05) is 0 Å². The summed E-state index contributed by atoms with van der Waals surface area (Å²) in [6.07, 6.45) is 1.47. The van der Waals surface area contributed by atoms with Crippen LogP contribution in [0.2, 0.25) is 0 Å². The van der Waals surface area contributed by atoms with Crippen molar-refractivity contribution in [3.63, 3.8) is 0 Å². The van der Waals surface area contributed by atoms with E-state index in [0.29, 0.717) is 5.52 Å². The molecule has 2 aromatic heterocycles. The number of H-pyrrole nitrogens is 1. The zero-order valence-electron chi connectivity index (χ0n) is 9.77. The Hall–Kier alpha value is -3.23. The van der Waals surface area contributed by atoms with Crippen molar-refractivity contribution in [1.29, 1.82) is 0 Å². The lowest BCUT2D eigenvalue weighted by Crippen LogP contribution is -2.15. The molecule has 9 heteroatoms. The zero-order valence-corrected chi connectivity index (χ0v) is 9.77. The maximum Gasteiger partial charge on any atom is 0.330 e. The lowest BCUT2D eigenvalue weighted by molar-refractivity contribution is -0.393. The third-order valence-electron chi connectivity index (χ3n) is 2.99. The Morgan fingerprint density at radius 3 is 2.55 bits per heavy atom. The monoisotopic (exact) mass is 274 g/mol. The SMILES string of the molecule is O=c1[nH]c2c([N+](=O)[O-])cc([N+](=O)[O-])cc2c2cccn12. The Bertz CT molecular complexity index is 939. The second kappa shape index (κ2) is 3.88. The number of non-ortho nitro benzene ring substituents is 2. The number of aromatic nitrogens is 2. The molecule has 9 nitrogen and oxygen atoms in total. The van der Waals surface area contributed by atoms with Crippen molar-refractivity contribution < 1.29 is 9.85 Å². The van der Waals surface area contributed by atoms with Crippen LogP contribution in [0.15, 0.2) is 35.3 Å². The van der Waals surface area contributed by atoms with Gasteiger partial charge in [0.05, 0.1) is 21.4 Å². The van der Waals surface area contributed by atoms with Gasteiger partial charge in [0.1, 0.15) is 5.52 Å². The van der Waals surface area contributed by atoms with E-state index < -0.39 is 26.9 Å². The third kappa shape index (κ3) is 1.53. The van der Waals surface area contributed by atoms with Gasteiger partial charge in [0.2, 0.25) is 0 Å². The van der Waals surface area contributed by atoms with Crippen molar-refractivity contribution in [3.8, 4) is 0 Å². The van der Waals surface area contributed by atoms with E-state index in [4.69, 9.17) is 0 Å². The van der Waals surface area contributed by atoms with E-state index in [1.807, 2.05) is 0 Å². The second-order valence-corrected chi connectivity index (χ2v) is 4.10. The number of nitrogens with zero attached hydrogens (tertiary/aromatic N) is 3. The van der Waals surface area contributed by atoms with Crippen LogP contribution in [0.4, 0.5) is 11.4 Å². The minimum absolute atomic E-state index is 0.0307. The molecule has 2 heterocycles. The lowest BCUT2D eigenvalue weighted by atomic mass is 10.1. The summed E-state index contributed by atoms with van der Waals surface area (Å²) in [6.45, 7) is 0. The number of rotatable bonds is 2. The van der Waals surface area contributed by atoms with Crippen LogP contribution < -0.4 is 5.69 Å². The first-order valence-corrected chi connectivity index (χ1v) is 5.45. The highest BCUT2D eigenvalue weighted by molar-refractivity contribution is 5.99. The summed E-state index contributed by atoms with van der Waals surface area (Å²) in [5.41, 5.74) is -1.11. The highest BCUT2D eigenvalue weighted by atomic mass is 16.6. The van der Waals surface area contributed by atoms with Crippen LogP contribution in [-0.2, 0) is 0 Å². The minimum Gasteiger partial charge on any atom is -0.301 e. The summed E-state index contributed by atoms with van der Waals surface area (Å²) in [5.74, 6) is 0. The molecule has 0 saturated heterocycles. The number of nitrogens with one attached hydrogen (secondary N) is 1. The molecule has 1 N–H and O–H groups in total. The minimum atomic E-state index is -0.759. The average Bonchev–Trinajstić information content (AvgIpc) is 2.87. The van der Waals surface area contributed by atoms with Gasteiger partial charge in [-0.25, -0.2) is 4.79 Å². The normalized spacial score (nSPS) is 11.0. The number of benzene rings is 1. The number of hydrogen-bond acceptors (Lipinski definition) is 5. The van der Waals surface area contributed by atoms with Gasteiger partial charge in [-0.2, -0.15) is 0 Å². The maximum absolute atomic E-state index is 11.8. The molecular weight excluding hydrogens is 268 g/mol. The fraction of sp³-hybridized carbons (Fsp3) is 0. The van der Waals surface area contributed by atoms with E-state index in [9.17, 15) is 25.0 Å². The molecule has 3 rings (SSSR count). The molecule has 1 aromatic carbocycles.